The highest BCUT2D eigenvalue weighted by molar-refractivity contribution is 9.11. The van der Waals surface area contributed by atoms with Crippen molar-refractivity contribution in [2.24, 2.45) is 0 Å². The summed E-state index contributed by atoms with van der Waals surface area (Å²) in [6.45, 7) is 0. The molecule has 4 heteroatoms. The van der Waals surface area contributed by atoms with Crippen LogP contribution in [0.25, 0.3) is 0 Å². The van der Waals surface area contributed by atoms with Crippen LogP contribution in [0.5, 0.6) is 0 Å². The van der Waals surface area contributed by atoms with Crippen LogP contribution in [0.4, 0.5) is 10.1 Å². The Hall–Kier alpha value is -0.870. The molecule has 2 aromatic carbocycles. The average molecular weight is 399 g/mol. The molecule has 0 amide bonds. The summed E-state index contributed by atoms with van der Waals surface area (Å²) in [7, 11) is 0. The van der Waals surface area contributed by atoms with Crippen molar-refractivity contribution in [1.82, 2.24) is 0 Å². The molecule has 104 valence electrons. The first-order valence-electron chi connectivity index (χ1n) is 6.59. The second-order valence-corrected chi connectivity index (χ2v) is 6.87. The Morgan fingerprint density at radius 3 is 2.30 bits per heavy atom. The number of rotatable bonds is 3. The maximum absolute atomic E-state index is 13.2. The van der Waals surface area contributed by atoms with Gasteiger partial charge in [0.15, 0.2) is 0 Å². The second-order valence-electron chi connectivity index (χ2n) is 5.16. The SMILES string of the molecule is Fc1cccc(C2CC(Nc3c(Br)cccc3Br)C2)c1. The third kappa shape index (κ3) is 2.91. The summed E-state index contributed by atoms with van der Waals surface area (Å²) in [5, 5.41) is 3.54. The van der Waals surface area contributed by atoms with E-state index in [0.717, 1.165) is 33.0 Å². The van der Waals surface area contributed by atoms with E-state index in [1.54, 1.807) is 12.1 Å². The standard InChI is InChI=1S/C16H14Br2FN/c17-14-5-2-6-15(18)16(14)20-13-8-11(9-13)10-3-1-4-12(19)7-10/h1-7,11,13,20H,8-9H2. The average Bonchev–Trinajstić information content (AvgIpc) is 2.36. The van der Waals surface area contributed by atoms with Crippen LogP contribution < -0.4 is 5.32 Å². The smallest absolute Gasteiger partial charge is 0.123 e. The van der Waals surface area contributed by atoms with E-state index in [0.29, 0.717) is 12.0 Å². The van der Waals surface area contributed by atoms with Crippen LogP contribution >= 0.6 is 31.9 Å². The first-order valence-corrected chi connectivity index (χ1v) is 8.18. The van der Waals surface area contributed by atoms with Gasteiger partial charge >= 0.3 is 0 Å². The Morgan fingerprint density at radius 2 is 1.65 bits per heavy atom. The molecule has 0 saturated heterocycles. The van der Waals surface area contributed by atoms with E-state index in [4.69, 9.17) is 0 Å². The van der Waals surface area contributed by atoms with Gasteiger partial charge in [0.25, 0.3) is 0 Å². The first-order chi connectivity index (χ1) is 9.63. The topological polar surface area (TPSA) is 12.0 Å². The van der Waals surface area contributed by atoms with Crippen molar-refractivity contribution in [3.8, 4) is 0 Å². The number of halogens is 3. The molecule has 3 rings (SSSR count). The van der Waals surface area contributed by atoms with Crippen molar-refractivity contribution in [2.75, 3.05) is 5.32 Å². The molecule has 0 heterocycles. The van der Waals surface area contributed by atoms with Crippen molar-refractivity contribution < 1.29 is 4.39 Å². The Morgan fingerprint density at radius 1 is 1.00 bits per heavy atom. The molecule has 1 fully saturated rings. The zero-order chi connectivity index (χ0) is 14.1. The molecule has 0 aromatic heterocycles. The minimum absolute atomic E-state index is 0.146. The fourth-order valence-electron chi connectivity index (χ4n) is 2.61. The number of hydrogen-bond acceptors (Lipinski definition) is 1. The molecular formula is C16H14Br2FN. The third-order valence-corrected chi connectivity index (χ3v) is 5.09. The van der Waals surface area contributed by atoms with Gasteiger partial charge in [-0.2, -0.15) is 0 Å². The third-order valence-electron chi connectivity index (χ3n) is 3.77. The lowest BCUT2D eigenvalue weighted by Gasteiger charge is -2.37. The highest BCUT2D eigenvalue weighted by atomic mass is 79.9. The van der Waals surface area contributed by atoms with Crippen molar-refractivity contribution in [2.45, 2.75) is 24.8 Å². The van der Waals surface area contributed by atoms with Gasteiger partial charge in [0.2, 0.25) is 0 Å². The predicted octanol–water partition coefficient (Wildman–Crippen LogP) is 5.71. The van der Waals surface area contributed by atoms with Crippen LogP contribution in [0, 0.1) is 5.82 Å². The summed E-state index contributed by atoms with van der Waals surface area (Å²) < 4.78 is 15.3. The van der Waals surface area contributed by atoms with Gasteiger partial charge in [0.05, 0.1) is 5.69 Å². The molecule has 2 aromatic rings. The number of benzene rings is 2. The van der Waals surface area contributed by atoms with Gasteiger partial charge in [0, 0.05) is 15.0 Å². The summed E-state index contributed by atoms with van der Waals surface area (Å²) in [5.41, 5.74) is 2.20. The first kappa shape index (κ1) is 14.1. The van der Waals surface area contributed by atoms with E-state index < -0.39 is 0 Å². The van der Waals surface area contributed by atoms with Crippen LogP contribution in [0.3, 0.4) is 0 Å². The van der Waals surface area contributed by atoms with E-state index in [2.05, 4.69) is 37.2 Å². The Labute approximate surface area is 134 Å². The molecular weight excluding hydrogens is 385 g/mol. The molecule has 1 N–H and O–H groups in total. The van der Waals surface area contributed by atoms with Crippen molar-refractivity contribution in [3.63, 3.8) is 0 Å². The van der Waals surface area contributed by atoms with Gasteiger partial charge in [-0.05, 0) is 80.4 Å². The highest BCUT2D eigenvalue weighted by Gasteiger charge is 2.31. The molecule has 1 nitrogen and oxygen atoms in total. The summed E-state index contributed by atoms with van der Waals surface area (Å²) in [4.78, 5) is 0. The van der Waals surface area contributed by atoms with Gasteiger partial charge in [-0.1, -0.05) is 18.2 Å². The van der Waals surface area contributed by atoms with E-state index in [1.807, 2.05) is 24.3 Å². The highest BCUT2D eigenvalue weighted by Crippen LogP contribution is 2.41. The maximum Gasteiger partial charge on any atom is 0.123 e. The van der Waals surface area contributed by atoms with Gasteiger partial charge in [0.1, 0.15) is 5.82 Å². The van der Waals surface area contributed by atoms with E-state index in [9.17, 15) is 4.39 Å². The minimum Gasteiger partial charge on any atom is -0.380 e. The zero-order valence-electron chi connectivity index (χ0n) is 10.7. The van der Waals surface area contributed by atoms with Crippen LogP contribution in [0.1, 0.15) is 24.3 Å². The lowest BCUT2D eigenvalue weighted by Crippen LogP contribution is -2.34. The number of para-hydroxylation sites is 1. The molecule has 0 unspecified atom stereocenters. The van der Waals surface area contributed by atoms with E-state index >= 15 is 0 Å². The normalized spacial score (nSPS) is 21.4. The van der Waals surface area contributed by atoms with Crippen molar-refractivity contribution in [1.29, 1.82) is 0 Å². The van der Waals surface area contributed by atoms with Crippen LogP contribution in [0.2, 0.25) is 0 Å². The molecule has 1 saturated carbocycles. The molecule has 0 atom stereocenters. The summed E-state index contributed by atoms with van der Waals surface area (Å²) >= 11 is 7.11. The van der Waals surface area contributed by atoms with Gasteiger partial charge < -0.3 is 5.32 Å². The zero-order valence-corrected chi connectivity index (χ0v) is 13.9. The molecule has 0 radical (unpaired) electrons. The van der Waals surface area contributed by atoms with E-state index in [-0.39, 0.29) is 5.82 Å². The van der Waals surface area contributed by atoms with Crippen LogP contribution in [-0.2, 0) is 0 Å². The fourth-order valence-corrected chi connectivity index (χ4v) is 3.84. The van der Waals surface area contributed by atoms with Crippen molar-refractivity contribution >= 4 is 37.5 Å². The van der Waals surface area contributed by atoms with Gasteiger partial charge in [-0.25, -0.2) is 4.39 Å². The largest absolute Gasteiger partial charge is 0.380 e. The molecule has 1 aliphatic rings. The summed E-state index contributed by atoms with van der Waals surface area (Å²) in [5.74, 6) is 0.317. The quantitative estimate of drug-likeness (QED) is 0.698. The summed E-state index contributed by atoms with van der Waals surface area (Å²) in [6, 6.07) is 13.4. The van der Waals surface area contributed by atoms with Crippen LogP contribution in [0.15, 0.2) is 51.4 Å². The predicted molar refractivity (Wildman–Crippen MR) is 87.6 cm³/mol. The monoisotopic (exact) mass is 397 g/mol. The molecule has 1 aliphatic carbocycles. The Kier molecular flexibility index (Phi) is 4.13. The minimum atomic E-state index is -0.146. The lowest BCUT2D eigenvalue weighted by atomic mass is 9.76. The number of nitrogens with one attached hydrogen (secondary N) is 1. The van der Waals surface area contributed by atoms with Gasteiger partial charge in [-0.15, -0.1) is 0 Å². The number of anilines is 1. The maximum atomic E-state index is 13.2. The van der Waals surface area contributed by atoms with Crippen LogP contribution in [-0.4, -0.2) is 6.04 Å². The second kappa shape index (κ2) is 5.86. The van der Waals surface area contributed by atoms with Crippen molar-refractivity contribution in [3.05, 3.63) is 62.8 Å². The lowest BCUT2D eigenvalue weighted by molar-refractivity contribution is 0.373. The molecule has 0 aliphatic heterocycles. The summed E-state index contributed by atoms with van der Waals surface area (Å²) in [6.07, 6.45) is 2.08. The Bertz CT molecular complexity index is 603. The Balaban J connectivity index is 1.64. The van der Waals surface area contributed by atoms with E-state index in [1.165, 1.54) is 6.07 Å². The molecule has 0 bridgehead atoms. The number of hydrogen-bond donors (Lipinski definition) is 1. The van der Waals surface area contributed by atoms with Gasteiger partial charge in [-0.3, -0.25) is 0 Å². The molecule has 20 heavy (non-hydrogen) atoms. The molecule has 0 spiro atoms. The fraction of sp³-hybridized carbons (Fsp3) is 0.250.